The van der Waals surface area contributed by atoms with Crippen LogP contribution in [0.5, 0.6) is 5.75 Å². The lowest BCUT2D eigenvalue weighted by Gasteiger charge is -2.10. The third-order valence-electron chi connectivity index (χ3n) is 3.56. The van der Waals surface area contributed by atoms with Gasteiger partial charge in [0.05, 0.1) is 5.69 Å². The fourth-order valence-corrected chi connectivity index (χ4v) is 2.33. The Bertz CT molecular complexity index is 749. The van der Waals surface area contributed by atoms with E-state index in [2.05, 4.69) is 22.2 Å². The number of aryl methyl sites for hydroxylation is 1. The molecule has 0 amide bonds. The van der Waals surface area contributed by atoms with E-state index in [4.69, 9.17) is 4.42 Å². The van der Waals surface area contributed by atoms with E-state index in [1.165, 1.54) is 0 Å². The second-order valence-electron chi connectivity index (χ2n) is 5.47. The second kappa shape index (κ2) is 6.15. The van der Waals surface area contributed by atoms with Crippen LogP contribution in [0.25, 0.3) is 11.1 Å². The van der Waals surface area contributed by atoms with E-state index in [-0.39, 0.29) is 11.7 Å². The summed E-state index contributed by atoms with van der Waals surface area (Å²) in [6.45, 7) is 5.17. The number of aromatic nitrogens is 2. The smallest absolute Gasteiger partial charge is 0.199 e. The maximum atomic E-state index is 9.78. The van der Waals surface area contributed by atoms with Gasteiger partial charge in [0.2, 0.25) is 0 Å². The van der Waals surface area contributed by atoms with E-state index < -0.39 is 0 Å². The number of rotatable bonds is 5. The van der Waals surface area contributed by atoms with Gasteiger partial charge >= 0.3 is 0 Å². The van der Waals surface area contributed by atoms with Gasteiger partial charge in [0.25, 0.3) is 0 Å². The number of pyridine rings is 1. The quantitative estimate of drug-likeness (QED) is 0.757. The minimum Gasteiger partial charge on any atom is -0.506 e. The summed E-state index contributed by atoms with van der Waals surface area (Å²) < 4.78 is 5.76. The molecule has 1 aromatic carbocycles. The van der Waals surface area contributed by atoms with Gasteiger partial charge in [-0.2, -0.15) is 0 Å². The molecule has 0 unspecified atom stereocenters. The van der Waals surface area contributed by atoms with Crippen LogP contribution in [0, 0.1) is 6.92 Å². The molecule has 0 saturated carbocycles. The van der Waals surface area contributed by atoms with Crippen molar-refractivity contribution in [1.82, 2.24) is 15.3 Å². The van der Waals surface area contributed by atoms with E-state index >= 15 is 0 Å². The van der Waals surface area contributed by atoms with Gasteiger partial charge in [-0.25, -0.2) is 4.98 Å². The van der Waals surface area contributed by atoms with Crippen LogP contribution in [0.4, 0.5) is 0 Å². The minimum atomic E-state index is 0.138. The molecular formula is C17H19N3O2. The van der Waals surface area contributed by atoms with Crippen molar-refractivity contribution in [2.75, 3.05) is 6.54 Å². The highest BCUT2D eigenvalue weighted by Gasteiger charge is 2.13. The van der Waals surface area contributed by atoms with Crippen LogP contribution < -0.4 is 5.32 Å². The third-order valence-corrected chi connectivity index (χ3v) is 3.56. The van der Waals surface area contributed by atoms with Crippen molar-refractivity contribution < 1.29 is 9.52 Å². The molecular weight excluding hydrogens is 278 g/mol. The Hall–Kier alpha value is -2.40. The molecule has 0 aliphatic carbocycles. The lowest BCUT2D eigenvalue weighted by molar-refractivity contribution is 0.447. The van der Waals surface area contributed by atoms with E-state index in [0.717, 1.165) is 22.7 Å². The number of nitrogens with one attached hydrogen (secondary N) is 1. The van der Waals surface area contributed by atoms with Crippen molar-refractivity contribution in [3.63, 3.8) is 0 Å². The predicted molar refractivity (Wildman–Crippen MR) is 84.8 cm³/mol. The number of nitrogens with zero attached hydrogens (tertiary/aromatic N) is 2. The Morgan fingerprint density at radius 3 is 2.82 bits per heavy atom. The molecule has 0 fully saturated rings. The molecule has 3 rings (SSSR count). The van der Waals surface area contributed by atoms with Crippen molar-refractivity contribution in [2.45, 2.75) is 26.3 Å². The van der Waals surface area contributed by atoms with Crippen LogP contribution in [-0.4, -0.2) is 21.6 Å². The Morgan fingerprint density at radius 2 is 2.00 bits per heavy atom. The standard InChI is InChI=1S/C17H19N3O2/c1-11(17-20-13-5-3-4-6-16(13)22-17)9-18-10-14-15(21)8-7-12(2)19-14/h3-8,11,18,21H,9-10H2,1-2H3/t11-/m0/s1. The first-order valence-electron chi connectivity index (χ1n) is 7.35. The lowest BCUT2D eigenvalue weighted by atomic mass is 10.2. The number of aromatic hydroxyl groups is 1. The molecule has 0 saturated heterocycles. The average molecular weight is 297 g/mol. The Balaban J connectivity index is 1.62. The second-order valence-corrected chi connectivity index (χ2v) is 5.47. The summed E-state index contributed by atoms with van der Waals surface area (Å²) in [5.41, 5.74) is 3.23. The Morgan fingerprint density at radius 1 is 1.18 bits per heavy atom. The molecule has 2 heterocycles. The molecule has 22 heavy (non-hydrogen) atoms. The van der Waals surface area contributed by atoms with Gasteiger partial charge in [-0.15, -0.1) is 0 Å². The summed E-state index contributed by atoms with van der Waals surface area (Å²) >= 11 is 0. The van der Waals surface area contributed by atoms with Crippen LogP contribution in [0.2, 0.25) is 0 Å². The summed E-state index contributed by atoms with van der Waals surface area (Å²) in [6.07, 6.45) is 0. The zero-order chi connectivity index (χ0) is 15.5. The maximum Gasteiger partial charge on any atom is 0.199 e. The molecule has 5 nitrogen and oxygen atoms in total. The predicted octanol–water partition coefficient (Wildman–Crippen LogP) is 3.13. The normalized spacial score (nSPS) is 12.6. The Labute approximate surface area is 129 Å². The highest BCUT2D eigenvalue weighted by atomic mass is 16.3. The number of para-hydroxylation sites is 2. The molecule has 5 heteroatoms. The van der Waals surface area contributed by atoms with Crippen LogP contribution >= 0.6 is 0 Å². The molecule has 114 valence electrons. The lowest BCUT2D eigenvalue weighted by Crippen LogP contribution is -2.20. The fraction of sp³-hybridized carbons (Fsp3) is 0.294. The first-order chi connectivity index (χ1) is 10.6. The molecule has 0 radical (unpaired) electrons. The van der Waals surface area contributed by atoms with Crippen molar-refractivity contribution in [2.24, 2.45) is 0 Å². The van der Waals surface area contributed by atoms with E-state index in [0.29, 0.717) is 18.8 Å². The molecule has 2 N–H and O–H groups in total. The fourth-order valence-electron chi connectivity index (χ4n) is 2.33. The van der Waals surface area contributed by atoms with Gasteiger partial charge in [0.15, 0.2) is 11.5 Å². The van der Waals surface area contributed by atoms with E-state index in [1.54, 1.807) is 12.1 Å². The van der Waals surface area contributed by atoms with Gasteiger partial charge in [-0.05, 0) is 31.2 Å². The zero-order valence-electron chi connectivity index (χ0n) is 12.7. The van der Waals surface area contributed by atoms with Crippen LogP contribution in [0.1, 0.15) is 30.1 Å². The van der Waals surface area contributed by atoms with Crippen molar-refractivity contribution in [3.8, 4) is 5.75 Å². The van der Waals surface area contributed by atoms with Gasteiger partial charge in [0.1, 0.15) is 11.3 Å². The average Bonchev–Trinajstić information content (AvgIpc) is 2.94. The Kier molecular flexibility index (Phi) is 4.06. The van der Waals surface area contributed by atoms with Crippen molar-refractivity contribution >= 4 is 11.1 Å². The summed E-state index contributed by atoms with van der Waals surface area (Å²) in [4.78, 5) is 8.82. The van der Waals surface area contributed by atoms with Crippen LogP contribution in [0.3, 0.4) is 0 Å². The highest BCUT2D eigenvalue weighted by molar-refractivity contribution is 5.72. The SMILES string of the molecule is Cc1ccc(O)c(CNC[C@H](C)c2nc3ccccc3o2)n1. The van der Waals surface area contributed by atoms with Crippen LogP contribution in [0.15, 0.2) is 40.8 Å². The minimum absolute atomic E-state index is 0.138. The molecule has 0 aliphatic heterocycles. The van der Waals surface area contributed by atoms with Crippen LogP contribution in [-0.2, 0) is 6.54 Å². The first kappa shape index (κ1) is 14.5. The summed E-state index contributed by atoms with van der Waals surface area (Å²) in [5.74, 6) is 1.07. The van der Waals surface area contributed by atoms with Gasteiger partial charge in [0, 0.05) is 24.7 Å². The summed E-state index contributed by atoms with van der Waals surface area (Å²) in [5, 5.41) is 13.1. The number of hydrogen-bond acceptors (Lipinski definition) is 5. The molecule has 0 spiro atoms. The van der Waals surface area contributed by atoms with E-state index in [1.807, 2.05) is 31.2 Å². The monoisotopic (exact) mass is 297 g/mol. The third kappa shape index (κ3) is 3.09. The topological polar surface area (TPSA) is 71.2 Å². The molecule has 0 aliphatic rings. The first-order valence-corrected chi connectivity index (χ1v) is 7.35. The molecule has 1 atom stereocenters. The zero-order valence-corrected chi connectivity index (χ0v) is 12.7. The number of fused-ring (bicyclic) bond motifs is 1. The van der Waals surface area contributed by atoms with Crippen molar-refractivity contribution in [1.29, 1.82) is 0 Å². The number of benzene rings is 1. The number of oxazole rings is 1. The maximum absolute atomic E-state index is 9.78. The molecule has 2 aromatic heterocycles. The summed E-state index contributed by atoms with van der Waals surface area (Å²) in [6, 6.07) is 11.2. The molecule has 0 bridgehead atoms. The van der Waals surface area contributed by atoms with Gasteiger partial charge in [-0.3, -0.25) is 4.98 Å². The van der Waals surface area contributed by atoms with Gasteiger partial charge in [-0.1, -0.05) is 19.1 Å². The largest absolute Gasteiger partial charge is 0.506 e. The van der Waals surface area contributed by atoms with Crippen molar-refractivity contribution in [3.05, 3.63) is 53.7 Å². The highest BCUT2D eigenvalue weighted by Crippen LogP contribution is 2.21. The van der Waals surface area contributed by atoms with Gasteiger partial charge < -0.3 is 14.8 Å². The van der Waals surface area contributed by atoms with E-state index in [9.17, 15) is 5.11 Å². The summed E-state index contributed by atoms with van der Waals surface area (Å²) in [7, 11) is 0. The molecule has 3 aromatic rings. The number of hydrogen-bond donors (Lipinski definition) is 2.